The van der Waals surface area contributed by atoms with Gasteiger partial charge in [0.1, 0.15) is 33.6 Å². The molecule has 0 spiro atoms. The van der Waals surface area contributed by atoms with Gasteiger partial charge in [-0.1, -0.05) is 74.4 Å². The molecule has 2 aromatic heterocycles. The fourth-order valence-corrected chi connectivity index (χ4v) is 11.2. The molecule has 2 heterocycles. The quantitative estimate of drug-likeness (QED) is 0.0279. The van der Waals surface area contributed by atoms with E-state index in [2.05, 4.69) is 55.0 Å². The predicted molar refractivity (Wildman–Crippen MR) is 335 cm³/mol. The number of ether oxygens (including phenoxy) is 4. The molecule has 0 bridgehead atoms. The number of benzene rings is 4. The summed E-state index contributed by atoms with van der Waals surface area (Å²) >= 11 is 0. The van der Waals surface area contributed by atoms with Crippen LogP contribution in [-0.4, -0.2) is 92.7 Å². The molecule has 0 aliphatic rings. The average Bonchev–Trinajstić information content (AvgIpc) is 3.24. The van der Waals surface area contributed by atoms with E-state index in [1.165, 1.54) is 0 Å². The second kappa shape index (κ2) is 34.7. The highest BCUT2D eigenvalue weighted by Gasteiger charge is 2.32. The van der Waals surface area contributed by atoms with E-state index in [0.717, 1.165) is 34.4 Å². The molecule has 0 saturated heterocycles. The largest absolute Gasteiger partial charge is 0.494 e. The Morgan fingerprint density at radius 2 is 0.917 bits per heavy atom. The molecule has 21 heteroatoms. The van der Waals surface area contributed by atoms with Crippen LogP contribution < -0.4 is 41.6 Å². The number of nitrogens with one attached hydrogen (secondary N) is 2. The number of carbonyl (C=O) groups excluding carboxylic acids is 2. The second-order valence-corrected chi connectivity index (χ2v) is 27.7. The molecule has 2 amide bonds. The van der Waals surface area contributed by atoms with Gasteiger partial charge in [0, 0.05) is 62.3 Å². The third kappa shape index (κ3) is 26.3. The number of hydrogen-bond acceptors (Lipinski definition) is 15. The molecule has 17 nitrogen and oxygen atoms in total. The Bertz CT molecular complexity index is 3160. The van der Waals surface area contributed by atoms with Gasteiger partial charge in [-0.2, -0.15) is 0 Å². The third-order valence-electron chi connectivity index (χ3n) is 10.6. The summed E-state index contributed by atoms with van der Waals surface area (Å²) in [5.41, 5.74) is 3.64. The van der Waals surface area contributed by atoms with Crippen molar-refractivity contribution in [3.63, 3.8) is 0 Å². The Hall–Kier alpha value is -6.98. The number of halogens is 1. The summed E-state index contributed by atoms with van der Waals surface area (Å²) < 4.78 is 80.1. The lowest BCUT2D eigenvalue weighted by molar-refractivity contribution is 0.0513. The van der Waals surface area contributed by atoms with Gasteiger partial charge in [-0.05, 0) is 172 Å². The van der Waals surface area contributed by atoms with Crippen molar-refractivity contribution in [3.8, 4) is 35.2 Å². The van der Waals surface area contributed by atoms with Crippen LogP contribution in [0.15, 0.2) is 133 Å². The number of alkyl carbamates (subject to hydrolysis) is 2. The SMILES string of the molecule is C.CCOP(=O)(c1ccccc1)c1cc(C#Cc2ccc(OCCCNC(=O)OC(C)(C)C)cc2)cc(CC)n1.CCOP(=O)(c1ccccc1)c1cc(C#Cc2ccc(OCCCNC(=O)OC(C)(C)C)cc2)cc(CO)n1.CS(=O)(=O)Cl. The van der Waals surface area contributed by atoms with Crippen LogP contribution in [0.3, 0.4) is 0 Å². The molecule has 452 valence electrons. The zero-order valence-electron chi connectivity index (χ0n) is 48.7. The van der Waals surface area contributed by atoms with Crippen LogP contribution >= 0.6 is 25.4 Å². The van der Waals surface area contributed by atoms with E-state index in [9.17, 15) is 32.2 Å². The van der Waals surface area contributed by atoms with E-state index in [-0.39, 0.29) is 26.1 Å². The van der Waals surface area contributed by atoms with Crippen LogP contribution in [0, 0.1) is 23.7 Å². The molecule has 2 unspecified atom stereocenters. The average molecular weight is 1230 g/mol. The number of aliphatic hydroxyl groups is 1. The van der Waals surface area contributed by atoms with Crippen molar-refractivity contribution in [1.82, 2.24) is 20.6 Å². The van der Waals surface area contributed by atoms with Crippen LogP contribution in [0.1, 0.15) is 116 Å². The van der Waals surface area contributed by atoms with Crippen molar-refractivity contribution in [2.24, 2.45) is 0 Å². The van der Waals surface area contributed by atoms with Crippen LogP contribution in [0.5, 0.6) is 11.5 Å². The van der Waals surface area contributed by atoms with Crippen molar-refractivity contribution < 1.29 is 60.2 Å². The minimum Gasteiger partial charge on any atom is -0.494 e. The smallest absolute Gasteiger partial charge is 0.407 e. The predicted octanol–water partition coefficient (Wildman–Crippen LogP) is 11.0. The zero-order chi connectivity index (χ0) is 61.1. The summed E-state index contributed by atoms with van der Waals surface area (Å²) in [5.74, 6) is 13.9. The molecule has 6 rings (SSSR count). The molecular weight excluding hydrogens is 1150 g/mol. The highest BCUT2D eigenvalue weighted by atomic mass is 35.7. The molecule has 0 saturated carbocycles. The molecule has 2 atom stereocenters. The van der Waals surface area contributed by atoms with Gasteiger partial charge in [0.15, 0.2) is 0 Å². The number of carbonyl (C=O) groups is 2. The zero-order valence-corrected chi connectivity index (χ0v) is 52.1. The Labute approximate surface area is 501 Å². The Balaban J connectivity index is 0.000000403. The van der Waals surface area contributed by atoms with Crippen LogP contribution in [-0.2, 0) is 49.7 Å². The van der Waals surface area contributed by atoms with Crippen LogP contribution in [0.4, 0.5) is 9.59 Å². The molecule has 0 fully saturated rings. The fraction of sp³-hybridized carbons (Fsp3) is 0.365. The van der Waals surface area contributed by atoms with Gasteiger partial charge >= 0.3 is 12.2 Å². The molecule has 3 N–H and O–H groups in total. The number of pyridine rings is 2. The number of amides is 2. The number of aromatic nitrogens is 2. The van der Waals surface area contributed by atoms with Crippen molar-refractivity contribution in [1.29, 1.82) is 0 Å². The molecule has 0 radical (unpaired) electrons. The molecule has 84 heavy (non-hydrogen) atoms. The minimum absolute atomic E-state index is 0. The van der Waals surface area contributed by atoms with E-state index in [4.69, 9.17) is 28.0 Å². The summed E-state index contributed by atoms with van der Waals surface area (Å²) in [6.07, 6.45) is 2.02. The van der Waals surface area contributed by atoms with E-state index < -0.39 is 47.2 Å². The van der Waals surface area contributed by atoms with Gasteiger partial charge in [-0.3, -0.25) is 9.13 Å². The monoisotopic (exact) mass is 1230 g/mol. The van der Waals surface area contributed by atoms with Crippen molar-refractivity contribution in [2.75, 3.05) is 45.8 Å². The first-order chi connectivity index (χ1) is 39.2. The standard InChI is InChI=1S/C31H37N2O5P.C30H35N2O6P.CH3ClO2S.CH4/c1-6-26-22-25(23-29(33-26)39(35,37-7-2)28-12-9-8-10-13-28)15-14-24-16-18-27(19-17-24)36-21-11-20-32-30(34)38-31(3,4)5;1-5-37-39(35,27-10-7-6-8-11-27)28-21-24(20-25(22-33)32-28)13-12-23-14-16-26(17-15-23)36-19-9-18-31-29(34)38-30(2,3)4;1-5(2,3)4;/h8-10,12-13,16-19,22-23H,6-7,11,20-21H2,1-5H3,(H,32,34);6-8,10-11,14-17,20-21,33H,5,9,18-19,22H2,1-4H3,(H,31,34);1H3;1H4. The van der Waals surface area contributed by atoms with E-state index >= 15 is 0 Å². The van der Waals surface area contributed by atoms with Gasteiger partial charge in [0.25, 0.3) is 14.7 Å². The summed E-state index contributed by atoms with van der Waals surface area (Å²) in [6.45, 7) is 18.6. The summed E-state index contributed by atoms with van der Waals surface area (Å²) in [6, 6.07) is 39.9. The van der Waals surface area contributed by atoms with Gasteiger partial charge in [-0.15, -0.1) is 0 Å². The lowest BCUT2D eigenvalue weighted by Crippen LogP contribution is -2.33. The van der Waals surface area contributed by atoms with Crippen molar-refractivity contribution in [3.05, 3.63) is 167 Å². The van der Waals surface area contributed by atoms with Gasteiger partial charge < -0.3 is 43.7 Å². The molecule has 0 aliphatic heterocycles. The highest BCUT2D eigenvalue weighted by Crippen LogP contribution is 2.45. The number of nitrogens with zero attached hydrogens (tertiary/aromatic N) is 2. The Morgan fingerprint density at radius 3 is 1.25 bits per heavy atom. The van der Waals surface area contributed by atoms with Crippen molar-refractivity contribution in [2.45, 2.75) is 107 Å². The van der Waals surface area contributed by atoms with E-state index in [1.54, 1.807) is 49.4 Å². The number of rotatable bonds is 20. The summed E-state index contributed by atoms with van der Waals surface area (Å²) in [4.78, 5) is 32.4. The third-order valence-corrected chi connectivity index (χ3v) is 15.5. The molecular formula is C63H79ClN4O13P2S. The fourth-order valence-electron chi connectivity index (χ4n) is 7.10. The number of aryl methyl sites for hydroxylation is 1. The topological polar surface area (TPSA) is 228 Å². The minimum atomic E-state index is -3.46. The van der Waals surface area contributed by atoms with E-state index in [0.29, 0.717) is 85.2 Å². The maximum atomic E-state index is 14.0. The molecule has 0 aliphatic carbocycles. The summed E-state index contributed by atoms with van der Waals surface area (Å²) in [7, 11) is -5.50. The normalized spacial score (nSPS) is 12.3. The van der Waals surface area contributed by atoms with Gasteiger partial charge in [0.05, 0.1) is 45.0 Å². The lowest BCUT2D eigenvalue weighted by atomic mass is 10.1. The Kier molecular flexibility index (Phi) is 29.5. The van der Waals surface area contributed by atoms with Crippen molar-refractivity contribution >= 4 is 68.1 Å². The van der Waals surface area contributed by atoms with Crippen LogP contribution in [0.25, 0.3) is 0 Å². The van der Waals surface area contributed by atoms with Gasteiger partial charge in [-0.25, -0.2) is 28.0 Å². The van der Waals surface area contributed by atoms with Crippen LogP contribution in [0.2, 0.25) is 0 Å². The first-order valence-electron chi connectivity index (χ1n) is 26.8. The number of hydrogen-bond donors (Lipinski definition) is 3. The lowest BCUT2D eigenvalue weighted by Gasteiger charge is -2.19. The maximum absolute atomic E-state index is 14.0. The highest BCUT2D eigenvalue weighted by molar-refractivity contribution is 8.13. The molecule has 6 aromatic rings. The maximum Gasteiger partial charge on any atom is 0.407 e. The van der Waals surface area contributed by atoms with E-state index in [1.807, 2.05) is 146 Å². The summed E-state index contributed by atoms with van der Waals surface area (Å²) in [5, 5.41) is 16.3. The van der Waals surface area contributed by atoms with Gasteiger partial charge in [0.2, 0.25) is 9.05 Å². The Morgan fingerprint density at radius 1 is 0.571 bits per heavy atom. The second-order valence-electron chi connectivity index (χ2n) is 20.0. The molecule has 4 aromatic carbocycles. The first kappa shape index (κ1) is 71.3. The first-order valence-corrected chi connectivity index (χ1v) is 32.8. The number of aliphatic hydroxyl groups excluding tert-OH is 1.